The summed E-state index contributed by atoms with van der Waals surface area (Å²) in [4.78, 5) is 0. The van der Waals surface area contributed by atoms with Gasteiger partial charge in [-0.3, -0.25) is 0 Å². The fourth-order valence-electron chi connectivity index (χ4n) is 1.78. The summed E-state index contributed by atoms with van der Waals surface area (Å²) in [6.07, 6.45) is 0. The molecule has 2 nitrogen and oxygen atoms in total. The summed E-state index contributed by atoms with van der Waals surface area (Å²) >= 11 is 0. The fraction of sp³-hybridized carbons (Fsp3) is 0.263. The molecule has 2 rings (SSSR count). The lowest BCUT2D eigenvalue weighted by molar-refractivity contribution is 0.110. The Morgan fingerprint density at radius 3 is 1.95 bits per heavy atom. The van der Waals surface area contributed by atoms with Gasteiger partial charge in [-0.2, -0.15) is 0 Å². The first-order chi connectivity index (χ1) is 10.3. The summed E-state index contributed by atoms with van der Waals surface area (Å²) in [6, 6.07) is 16.0. The molecule has 0 saturated carbocycles. The second kappa shape index (κ2) is 8.14. The zero-order chi connectivity index (χ0) is 14.9. The Balaban J connectivity index is 1.92. The van der Waals surface area contributed by atoms with E-state index in [4.69, 9.17) is 9.47 Å². The van der Waals surface area contributed by atoms with E-state index in [1.807, 2.05) is 43.3 Å². The predicted octanol–water partition coefficient (Wildman–Crippen LogP) is 3.81. The summed E-state index contributed by atoms with van der Waals surface area (Å²) in [5.74, 6) is 7.15. The number of hydrogen-bond donors (Lipinski definition) is 0. The fourth-order valence-corrected chi connectivity index (χ4v) is 1.78. The third kappa shape index (κ3) is 5.33. The Morgan fingerprint density at radius 1 is 0.810 bits per heavy atom. The Hall–Kier alpha value is -2.24. The summed E-state index contributed by atoms with van der Waals surface area (Å²) in [7, 11) is 0. The van der Waals surface area contributed by atoms with E-state index in [9.17, 15) is 0 Å². The number of rotatable bonds is 5. The van der Waals surface area contributed by atoms with Crippen LogP contribution in [0, 0.1) is 18.8 Å². The van der Waals surface area contributed by atoms with Gasteiger partial charge in [0.2, 0.25) is 0 Å². The van der Waals surface area contributed by atoms with E-state index in [2.05, 4.69) is 30.9 Å². The lowest BCUT2D eigenvalue weighted by Crippen LogP contribution is -2.06. The van der Waals surface area contributed by atoms with Crippen LogP contribution in [-0.2, 0) is 4.74 Å². The van der Waals surface area contributed by atoms with Crippen LogP contribution in [0.3, 0.4) is 0 Å². The van der Waals surface area contributed by atoms with E-state index >= 15 is 0 Å². The van der Waals surface area contributed by atoms with Gasteiger partial charge in [-0.1, -0.05) is 29.5 Å². The minimum atomic E-state index is 0.572. The Bertz CT molecular complexity index is 601. The molecule has 0 heterocycles. The molecule has 0 saturated heterocycles. The highest BCUT2D eigenvalue weighted by atomic mass is 16.5. The van der Waals surface area contributed by atoms with E-state index in [0.29, 0.717) is 13.2 Å². The Kier molecular flexibility index (Phi) is 5.87. The maximum absolute atomic E-state index is 5.57. The molecule has 2 heteroatoms. The smallest absolute Gasteiger partial charge is 0.119 e. The summed E-state index contributed by atoms with van der Waals surface area (Å²) in [5.41, 5.74) is 3.25. The molecule has 0 aromatic heterocycles. The molecule has 0 unspecified atom stereocenters. The predicted molar refractivity (Wildman–Crippen MR) is 85.6 cm³/mol. The Morgan fingerprint density at radius 2 is 1.38 bits per heavy atom. The Labute approximate surface area is 126 Å². The van der Waals surface area contributed by atoms with Crippen LogP contribution in [-0.4, -0.2) is 19.8 Å². The van der Waals surface area contributed by atoms with Crippen LogP contribution >= 0.6 is 0 Å². The van der Waals surface area contributed by atoms with Crippen molar-refractivity contribution in [1.29, 1.82) is 0 Å². The molecular formula is C19H20O2. The van der Waals surface area contributed by atoms with Crippen molar-refractivity contribution in [3.05, 3.63) is 65.2 Å². The molecule has 2 aromatic rings. The molecule has 0 aliphatic heterocycles. The van der Waals surface area contributed by atoms with Crippen molar-refractivity contribution in [2.75, 3.05) is 19.8 Å². The van der Waals surface area contributed by atoms with Gasteiger partial charge in [-0.05, 0) is 50.2 Å². The van der Waals surface area contributed by atoms with Crippen molar-refractivity contribution in [3.8, 4) is 17.6 Å². The van der Waals surface area contributed by atoms with Gasteiger partial charge < -0.3 is 9.47 Å². The first-order valence-corrected chi connectivity index (χ1v) is 7.17. The van der Waals surface area contributed by atoms with Crippen LogP contribution in [0.4, 0.5) is 0 Å². The molecule has 108 valence electrons. The third-order valence-electron chi connectivity index (χ3n) is 2.96. The van der Waals surface area contributed by atoms with Crippen LogP contribution in [0.25, 0.3) is 0 Å². The van der Waals surface area contributed by atoms with Crippen molar-refractivity contribution in [1.82, 2.24) is 0 Å². The van der Waals surface area contributed by atoms with Gasteiger partial charge in [0.25, 0.3) is 0 Å². The van der Waals surface area contributed by atoms with Gasteiger partial charge in [0.15, 0.2) is 0 Å². The van der Waals surface area contributed by atoms with E-state index in [-0.39, 0.29) is 0 Å². The molecule has 0 atom stereocenters. The average Bonchev–Trinajstić information content (AvgIpc) is 2.52. The topological polar surface area (TPSA) is 18.5 Å². The van der Waals surface area contributed by atoms with Crippen molar-refractivity contribution in [3.63, 3.8) is 0 Å². The quantitative estimate of drug-likeness (QED) is 0.612. The molecule has 21 heavy (non-hydrogen) atoms. The highest BCUT2D eigenvalue weighted by Crippen LogP contribution is 2.11. The monoisotopic (exact) mass is 280 g/mol. The lowest BCUT2D eigenvalue weighted by atomic mass is 10.1. The highest BCUT2D eigenvalue weighted by molar-refractivity contribution is 5.44. The van der Waals surface area contributed by atoms with E-state index in [0.717, 1.165) is 23.5 Å². The van der Waals surface area contributed by atoms with Crippen LogP contribution in [0.1, 0.15) is 23.6 Å². The molecule has 0 aliphatic rings. The van der Waals surface area contributed by atoms with Crippen LogP contribution < -0.4 is 4.74 Å². The van der Waals surface area contributed by atoms with E-state index in [1.165, 1.54) is 5.56 Å². The number of benzene rings is 2. The van der Waals surface area contributed by atoms with Crippen molar-refractivity contribution in [2.24, 2.45) is 0 Å². The van der Waals surface area contributed by atoms with Gasteiger partial charge in [0.1, 0.15) is 12.4 Å². The largest absolute Gasteiger partial charge is 0.491 e. The molecule has 0 radical (unpaired) electrons. The minimum Gasteiger partial charge on any atom is -0.491 e. The molecule has 0 N–H and O–H groups in total. The van der Waals surface area contributed by atoms with Crippen LogP contribution in [0.5, 0.6) is 5.75 Å². The van der Waals surface area contributed by atoms with Crippen LogP contribution in [0.2, 0.25) is 0 Å². The zero-order valence-corrected chi connectivity index (χ0v) is 12.6. The standard InChI is InChI=1S/C19H20O2/c1-3-20-14-15-21-19-12-10-18(11-13-19)9-8-17-6-4-16(2)5-7-17/h4-7,10-13H,3,14-15H2,1-2H3. The first-order valence-electron chi connectivity index (χ1n) is 7.17. The normalized spacial score (nSPS) is 9.81. The SMILES string of the molecule is CCOCCOc1ccc(C#Cc2ccc(C)cc2)cc1. The molecule has 0 aliphatic carbocycles. The molecule has 0 spiro atoms. The second-order valence-corrected chi connectivity index (χ2v) is 4.69. The van der Waals surface area contributed by atoms with Crippen LogP contribution in [0.15, 0.2) is 48.5 Å². The van der Waals surface area contributed by atoms with Crippen molar-refractivity contribution in [2.45, 2.75) is 13.8 Å². The van der Waals surface area contributed by atoms with Crippen molar-refractivity contribution < 1.29 is 9.47 Å². The third-order valence-corrected chi connectivity index (χ3v) is 2.96. The highest BCUT2D eigenvalue weighted by Gasteiger charge is 1.94. The van der Waals surface area contributed by atoms with E-state index in [1.54, 1.807) is 0 Å². The number of aryl methyl sites for hydroxylation is 1. The van der Waals surface area contributed by atoms with Gasteiger partial charge in [0.05, 0.1) is 6.61 Å². The lowest BCUT2D eigenvalue weighted by Gasteiger charge is -2.05. The van der Waals surface area contributed by atoms with Gasteiger partial charge in [0, 0.05) is 17.7 Å². The molecule has 0 bridgehead atoms. The van der Waals surface area contributed by atoms with Gasteiger partial charge in [-0.15, -0.1) is 0 Å². The summed E-state index contributed by atoms with van der Waals surface area (Å²) < 4.78 is 10.8. The van der Waals surface area contributed by atoms with Gasteiger partial charge in [-0.25, -0.2) is 0 Å². The number of hydrogen-bond acceptors (Lipinski definition) is 2. The maximum atomic E-state index is 5.57. The molecule has 0 amide bonds. The average molecular weight is 280 g/mol. The zero-order valence-electron chi connectivity index (χ0n) is 12.6. The van der Waals surface area contributed by atoms with Crippen molar-refractivity contribution >= 4 is 0 Å². The maximum Gasteiger partial charge on any atom is 0.119 e. The molecular weight excluding hydrogens is 260 g/mol. The summed E-state index contributed by atoms with van der Waals surface area (Å²) in [5, 5.41) is 0. The first kappa shape index (κ1) is 15.2. The van der Waals surface area contributed by atoms with Gasteiger partial charge >= 0.3 is 0 Å². The summed E-state index contributed by atoms with van der Waals surface area (Å²) in [6.45, 7) is 5.95. The number of ether oxygens (including phenoxy) is 2. The minimum absolute atomic E-state index is 0.572. The molecule has 2 aromatic carbocycles. The molecule has 0 fully saturated rings. The van der Waals surface area contributed by atoms with E-state index < -0.39 is 0 Å². The second-order valence-electron chi connectivity index (χ2n) is 4.69.